The Morgan fingerprint density at radius 1 is 1.03 bits per heavy atom. The summed E-state index contributed by atoms with van der Waals surface area (Å²) in [5.74, 6) is 1.10. The third-order valence-electron chi connectivity index (χ3n) is 5.66. The van der Waals surface area contributed by atoms with Crippen LogP contribution in [0.4, 0.5) is 5.13 Å². The Bertz CT molecular complexity index is 1100. The maximum atomic E-state index is 13.6. The van der Waals surface area contributed by atoms with Gasteiger partial charge in [0, 0.05) is 37.3 Å². The van der Waals surface area contributed by atoms with Gasteiger partial charge in [-0.05, 0) is 31.2 Å². The maximum absolute atomic E-state index is 13.6. The van der Waals surface area contributed by atoms with E-state index in [1.54, 1.807) is 43.4 Å². The fourth-order valence-corrected chi connectivity index (χ4v) is 4.84. The second kappa shape index (κ2) is 11.6. The zero-order valence-electron chi connectivity index (χ0n) is 19.4. The number of rotatable bonds is 8. The van der Waals surface area contributed by atoms with E-state index < -0.39 is 0 Å². The molecule has 0 spiro atoms. The van der Waals surface area contributed by atoms with Gasteiger partial charge < -0.3 is 14.2 Å². The minimum atomic E-state index is -0.171. The Kier molecular flexibility index (Phi) is 8.84. The van der Waals surface area contributed by atoms with Gasteiger partial charge in [0.05, 0.1) is 27.4 Å². The number of morpholine rings is 1. The van der Waals surface area contributed by atoms with Gasteiger partial charge in [0.1, 0.15) is 21.7 Å². The molecule has 0 radical (unpaired) electrons. The second-order valence-corrected chi connectivity index (χ2v) is 8.67. The first-order chi connectivity index (χ1) is 16.0. The molecule has 1 saturated heterocycles. The zero-order valence-corrected chi connectivity index (χ0v) is 21.0. The highest BCUT2D eigenvalue weighted by molar-refractivity contribution is 7.22. The van der Waals surface area contributed by atoms with E-state index in [0.717, 1.165) is 17.8 Å². The minimum absolute atomic E-state index is 0. The van der Waals surface area contributed by atoms with E-state index in [2.05, 4.69) is 4.90 Å². The number of halogens is 1. The summed E-state index contributed by atoms with van der Waals surface area (Å²) in [6.45, 7) is 5.72. The highest BCUT2D eigenvalue weighted by atomic mass is 35.5. The van der Waals surface area contributed by atoms with E-state index >= 15 is 0 Å². The number of ketones is 1. The predicted molar refractivity (Wildman–Crippen MR) is 135 cm³/mol. The minimum Gasteiger partial charge on any atom is -0.495 e. The van der Waals surface area contributed by atoms with Gasteiger partial charge in [-0.15, -0.1) is 12.4 Å². The summed E-state index contributed by atoms with van der Waals surface area (Å²) in [7, 11) is 3.21. The molecule has 34 heavy (non-hydrogen) atoms. The number of anilines is 1. The monoisotopic (exact) mass is 505 g/mol. The summed E-state index contributed by atoms with van der Waals surface area (Å²) >= 11 is 1.40. The lowest BCUT2D eigenvalue weighted by Gasteiger charge is -2.29. The van der Waals surface area contributed by atoms with Gasteiger partial charge in [0.25, 0.3) is 5.91 Å². The molecule has 0 atom stereocenters. The number of amides is 1. The van der Waals surface area contributed by atoms with Gasteiger partial charge in [-0.2, -0.15) is 0 Å². The van der Waals surface area contributed by atoms with Gasteiger partial charge in [0.2, 0.25) is 0 Å². The summed E-state index contributed by atoms with van der Waals surface area (Å²) in [5.41, 5.74) is 1.73. The molecule has 0 saturated carbocycles. The van der Waals surface area contributed by atoms with Crippen LogP contribution in [0.3, 0.4) is 0 Å². The van der Waals surface area contributed by atoms with Gasteiger partial charge in [-0.25, -0.2) is 4.98 Å². The molecule has 1 amide bonds. The van der Waals surface area contributed by atoms with Crippen LogP contribution >= 0.6 is 23.7 Å². The summed E-state index contributed by atoms with van der Waals surface area (Å²) in [5, 5.41) is 0.571. The molecule has 4 rings (SSSR count). The van der Waals surface area contributed by atoms with Gasteiger partial charge in [0.15, 0.2) is 10.9 Å². The number of hydrogen-bond donors (Lipinski definition) is 0. The van der Waals surface area contributed by atoms with Crippen molar-refractivity contribution in [1.82, 2.24) is 9.88 Å². The van der Waals surface area contributed by atoms with Crippen LogP contribution in [0.25, 0.3) is 10.2 Å². The topological polar surface area (TPSA) is 81.2 Å². The maximum Gasteiger partial charge on any atom is 0.260 e. The molecular weight excluding hydrogens is 478 g/mol. The third kappa shape index (κ3) is 5.50. The summed E-state index contributed by atoms with van der Waals surface area (Å²) in [4.78, 5) is 34.0. The van der Waals surface area contributed by atoms with Crippen LogP contribution in [0, 0.1) is 0 Å². The van der Waals surface area contributed by atoms with Crippen LogP contribution in [-0.4, -0.2) is 75.2 Å². The van der Waals surface area contributed by atoms with Crippen molar-refractivity contribution >= 4 is 50.8 Å². The molecule has 1 aliphatic rings. The molecule has 0 N–H and O–H groups in total. The van der Waals surface area contributed by atoms with Crippen LogP contribution in [-0.2, 0) is 4.74 Å². The number of hydrogen-bond acceptors (Lipinski definition) is 8. The van der Waals surface area contributed by atoms with Crippen LogP contribution in [0.2, 0.25) is 0 Å². The van der Waals surface area contributed by atoms with Crippen molar-refractivity contribution in [3.05, 3.63) is 47.5 Å². The Morgan fingerprint density at radius 2 is 1.65 bits per heavy atom. The molecule has 1 aliphatic heterocycles. The van der Waals surface area contributed by atoms with Crippen LogP contribution in [0.1, 0.15) is 27.6 Å². The predicted octanol–water partition coefficient (Wildman–Crippen LogP) is 3.92. The van der Waals surface area contributed by atoms with Crippen molar-refractivity contribution in [2.75, 3.05) is 58.5 Å². The first-order valence-corrected chi connectivity index (χ1v) is 11.6. The van der Waals surface area contributed by atoms with Crippen molar-refractivity contribution in [2.24, 2.45) is 0 Å². The van der Waals surface area contributed by atoms with Crippen molar-refractivity contribution in [3.8, 4) is 11.5 Å². The normalized spacial score (nSPS) is 13.9. The van der Waals surface area contributed by atoms with Crippen LogP contribution in [0.5, 0.6) is 11.5 Å². The van der Waals surface area contributed by atoms with E-state index in [1.807, 2.05) is 12.1 Å². The van der Waals surface area contributed by atoms with Crippen molar-refractivity contribution in [2.45, 2.75) is 6.92 Å². The zero-order chi connectivity index (χ0) is 23.4. The fraction of sp³-hybridized carbons (Fsp3) is 0.375. The number of Topliss-reactive ketones (excluding diaryl/α,β-unsaturated/α-hetero) is 1. The summed E-state index contributed by atoms with van der Waals surface area (Å²) < 4.78 is 17.3. The molecule has 0 bridgehead atoms. The number of aromatic nitrogens is 1. The molecule has 2 heterocycles. The van der Waals surface area contributed by atoms with E-state index in [9.17, 15) is 9.59 Å². The van der Waals surface area contributed by atoms with Crippen molar-refractivity contribution in [3.63, 3.8) is 0 Å². The SMILES string of the molecule is COc1ccc(OC)c2sc(N(CCN3CCOCC3)C(=O)c3ccc(C(C)=O)cc3)nc12.Cl. The molecule has 2 aromatic carbocycles. The van der Waals surface area contributed by atoms with Gasteiger partial charge >= 0.3 is 0 Å². The molecule has 1 fully saturated rings. The van der Waals surface area contributed by atoms with Gasteiger partial charge in [-0.3, -0.25) is 19.4 Å². The number of carbonyl (C=O) groups excluding carboxylic acids is 2. The first kappa shape index (κ1) is 25.9. The number of carbonyl (C=O) groups is 2. The number of thiazole rings is 1. The Morgan fingerprint density at radius 3 is 2.26 bits per heavy atom. The molecule has 0 unspecified atom stereocenters. The molecular formula is C24H28ClN3O5S. The average Bonchev–Trinajstić information content (AvgIpc) is 3.29. The van der Waals surface area contributed by atoms with Crippen molar-refractivity contribution < 1.29 is 23.8 Å². The fourth-order valence-electron chi connectivity index (χ4n) is 3.74. The van der Waals surface area contributed by atoms with E-state index in [-0.39, 0.29) is 24.1 Å². The lowest BCUT2D eigenvalue weighted by Crippen LogP contribution is -2.43. The lowest BCUT2D eigenvalue weighted by molar-refractivity contribution is 0.0391. The second-order valence-electron chi connectivity index (χ2n) is 7.69. The largest absolute Gasteiger partial charge is 0.495 e. The van der Waals surface area contributed by atoms with Crippen molar-refractivity contribution in [1.29, 1.82) is 0 Å². The number of ether oxygens (including phenoxy) is 3. The molecule has 3 aromatic rings. The highest BCUT2D eigenvalue weighted by Gasteiger charge is 2.25. The molecule has 8 nitrogen and oxygen atoms in total. The Hall–Kier alpha value is -2.72. The van der Waals surface area contributed by atoms with E-state index in [4.69, 9.17) is 19.2 Å². The number of benzene rings is 2. The van der Waals surface area contributed by atoms with Crippen LogP contribution < -0.4 is 14.4 Å². The average molecular weight is 506 g/mol. The summed E-state index contributed by atoms with van der Waals surface area (Å²) in [6, 6.07) is 10.4. The lowest BCUT2D eigenvalue weighted by atomic mass is 10.1. The van der Waals surface area contributed by atoms with Gasteiger partial charge in [-0.1, -0.05) is 23.5 Å². The standard InChI is InChI=1S/C24H27N3O5S.ClH/c1-16(28)17-4-6-18(7-5-17)23(29)27(11-10-26-12-14-32-15-13-26)24-25-21-19(30-2)8-9-20(31-3)22(21)33-24;/h4-9H,10-15H2,1-3H3;1H. The molecule has 182 valence electrons. The first-order valence-electron chi connectivity index (χ1n) is 10.8. The highest BCUT2D eigenvalue weighted by Crippen LogP contribution is 2.40. The Balaban J connectivity index is 0.00000324. The number of nitrogens with zero attached hydrogens (tertiary/aromatic N) is 3. The van der Waals surface area contributed by atoms with E-state index in [1.165, 1.54) is 18.3 Å². The third-order valence-corrected chi connectivity index (χ3v) is 6.75. The number of fused-ring (bicyclic) bond motifs is 1. The summed E-state index contributed by atoms with van der Waals surface area (Å²) in [6.07, 6.45) is 0. The Labute approximate surface area is 208 Å². The molecule has 1 aromatic heterocycles. The quantitative estimate of drug-likeness (QED) is 0.429. The van der Waals surface area contributed by atoms with Crippen LogP contribution in [0.15, 0.2) is 36.4 Å². The molecule has 0 aliphatic carbocycles. The van der Waals surface area contributed by atoms with E-state index in [0.29, 0.717) is 59.6 Å². The number of methoxy groups -OCH3 is 2. The smallest absolute Gasteiger partial charge is 0.260 e. The molecule has 10 heteroatoms.